The fourth-order valence-corrected chi connectivity index (χ4v) is 3.54. The number of halogens is 1. The maximum atomic E-state index is 11.7. The number of ether oxygens (including phenoxy) is 1. The van der Waals surface area contributed by atoms with E-state index < -0.39 is 0 Å². The molecule has 29 heavy (non-hydrogen) atoms. The minimum atomic E-state index is -0.207. The second-order valence-corrected chi connectivity index (χ2v) is 6.88. The number of nitrogens with one attached hydrogen (secondary N) is 3. The lowest BCUT2D eigenvalue weighted by atomic mass is 10.1. The average Bonchev–Trinajstić information content (AvgIpc) is 2.74. The lowest BCUT2D eigenvalue weighted by Gasteiger charge is -2.31. The molecule has 3 N–H and O–H groups in total. The number of carbonyl (C=O) groups excluding carboxylic acids is 1. The number of hydrogen-bond acceptors (Lipinski definition) is 6. The first-order valence-corrected chi connectivity index (χ1v) is 9.83. The highest BCUT2D eigenvalue weighted by atomic mass is 35.5. The van der Waals surface area contributed by atoms with Gasteiger partial charge in [0.2, 0.25) is 0 Å². The van der Waals surface area contributed by atoms with Gasteiger partial charge in [0.05, 0.1) is 18.9 Å². The van der Waals surface area contributed by atoms with Crippen molar-refractivity contribution in [2.75, 3.05) is 49.6 Å². The first-order chi connectivity index (χ1) is 13.7. The highest BCUT2D eigenvalue weighted by Crippen LogP contribution is 2.28. The maximum absolute atomic E-state index is 11.7. The van der Waals surface area contributed by atoms with Gasteiger partial charge in [-0.3, -0.25) is 0 Å². The molecule has 0 bridgehead atoms. The zero-order valence-corrected chi connectivity index (χ0v) is 17.3. The molecule has 2 amide bonds. The normalized spacial score (nSPS) is 15.8. The van der Waals surface area contributed by atoms with Crippen molar-refractivity contribution in [3.05, 3.63) is 35.5 Å². The highest BCUT2D eigenvalue weighted by molar-refractivity contribution is 5.89. The number of anilines is 2. The molecule has 1 fully saturated rings. The molecular formula is C20H27ClN6O2. The van der Waals surface area contributed by atoms with E-state index in [9.17, 15) is 4.79 Å². The van der Waals surface area contributed by atoms with Crippen molar-refractivity contribution in [1.29, 1.82) is 0 Å². The van der Waals surface area contributed by atoms with Gasteiger partial charge in [-0.2, -0.15) is 0 Å². The van der Waals surface area contributed by atoms with Gasteiger partial charge in [-0.1, -0.05) is 0 Å². The van der Waals surface area contributed by atoms with E-state index in [1.165, 1.54) is 5.56 Å². The largest absolute Gasteiger partial charge is 0.378 e. The summed E-state index contributed by atoms with van der Waals surface area (Å²) in [6, 6.07) is 7.44. The van der Waals surface area contributed by atoms with Gasteiger partial charge in [-0.15, -0.1) is 12.4 Å². The summed E-state index contributed by atoms with van der Waals surface area (Å²) in [5, 5.41) is 8.94. The van der Waals surface area contributed by atoms with E-state index >= 15 is 0 Å². The summed E-state index contributed by atoms with van der Waals surface area (Å²) in [6.45, 7) is 7.35. The third kappa shape index (κ3) is 4.95. The summed E-state index contributed by atoms with van der Waals surface area (Å²) < 4.78 is 5.51. The Morgan fingerprint density at radius 1 is 1.21 bits per heavy atom. The number of morpholine rings is 1. The molecule has 156 valence electrons. The van der Waals surface area contributed by atoms with Crippen LogP contribution < -0.4 is 20.9 Å². The quantitative estimate of drug-likeness (QED) is 0.705. The van der Waals surface area contributed by atoms with Crippen molar-refractivity contribution in [3.8, 4) is 11.4 Å². The Labute approximate surface area is 176 Å². The molecule has 3 heterocycles. The summed E-state index contributed by atoms with van der Waals surface area (Å²) in [5.74, 6) is 1.75. The maximum Gasteiger partial charge on any atom is 0.319 e. The fraction of sp³-hybridized carbons (Fsp3) is 0.450. The fourth-order valence-electron chi connectivity index (χ4n) is 3.54. The third-order valence-corrected chi connectivity index (χ3v) is 4.96. The van der Waals surface area contributed by atoms with Crippen LogP contribution >= 0.6 is 12.4 Å². The van der Waals surface area contributed by atoms with E-state index in [2.05, 4.69) is 20.9 Å². The number of nitrogens with zero attached hydrogens (tertiary/aromatic N) is 3. The van der Waals surface area contributed by atoms with E-state index in [0.717, 1.165) is 68.6 Å². The van der Waals surface area contributed by atoms with Crippen LogP contribution in [0.1, 0.15) is 18.2 Å². The number of fused-ring (bicyclic) bond motifs is 1. The van der Waals surface area contributed by atoms with Crippen molar-refractivity contribution in [1.82, 2.24) is 20.6 Å². The second-order valence-electron chi connectivity index (χ2n) is 6.88. The number of benzene rings is 1. The number of amides is 2. The standard InChI is InChI=1S/C20H26N6O2.ClH/c1-2-22-20(27)23-15-5-3-14(4-6-15)18-24-17-13-21-8-7-16(17)19(25-18)26-9-11-28-12-10-26;/h3-6,21H,2,7-13H2,1H3,(H2,22,23,27);1H. The molecule has 4 rings (SSSR count). The van der Waals surface area contributed by atoms with Crippen LogP contribution in [-0.2, 0) is 17.7 Å². The molecule has 0 saturated carbocycles. The van der Waals surface area contributed by atoms with Crippen LogP contribution in [-0.4, -0.2) is 55.4 Å². The number of hydrogen-bond donors (Lipinski definition) is 3. The Hall–Kier alpha value is -2.42. The predicted molar refractivity (Wildman–Crippen MR) is 116 cm³/mol. The number of aromatic nitrogens is 2. The first-order valence-electron chi connectivity index (χ1n) is 9.83. The van der Waals surface area contributed by atoms with Crippen LogP contribution in [0.15, 0.2) is 24.3 Å². The summed E-state index contributed by atoms with van der Waals surface area (Å²) in [7, 11) is 0. The SMILES string of the molecule is CCNC(=O)Nc1ccc(-c2nc3c(c(N4CCOCC4)n2)CCNC3)cc1.Cl. The molecule has 2 aliphatic rings. The zero-order valence-electron chi connectivity index (χ0n) is 16.5. The Balaban J connectivity index is 0.00000240. The molecule has 0 spiro atoms. The molecule has 2 aliphatic heterocycles. The number of urea groups is 1. The lowest BCUT2D eigenvalue weighted by Crippen LogP contribution is -2.39. The molecule has 0 unspecified atom stereocenters. The van der Waals surface area contributed by atoms with Crippen LogP contribution in [0.25, 0.3) is 11.4 Å². The number of carbonyl (C=O) groups is 1. The zero-order chi connectivity index (χ0) is 19.3. The molecular weight excluding hydrogens is 392 g/mol. The molecule has 0 aliphatic carbocycles. The molecule has 2 aromatic rings. The summed E-state index contributed by atoms with van der Waals surface area (Å²) >= 11 is 0. The molecule has 9 heteroatoms. The number of rotatable bonds is 4. The van der Waals surface area contributed by atoms with E-state index in [1.807, 2.05) is 31.2 Å². The van der Waals surface area contributed by atoms with Gasteiger partial charge >= 0.3 is 6.03 Å². The second kappa shape index (κ2) is 9.87. The smallest absolute Gasteiger partial charge is 0.319 e. The summed E-state index contributed by atoms with van der Waals surface area (Å²) in [5.41, 5.74) is 3.99. The third-order valence-electron chi connectivity index (χ3n) is 4.96. The van der Waals surface area contributed by atoms with Gasteiger partial charge in [0.25, 0.3) is 0 Å². The van der Waals surface area contributed by atoms with Crippen LogP contribution in [0.3, 0.4) is 0 Å². The van der Waals surface area contributed by atoms with Gasteiger partial charge in [-0.25, -0.2) is 14.8 Å². The summed E-state index contributed by atoms with van der Waals surface area (Å²) in [6.07, 6.45) is 0.942. The molecule has 1 aromatic carbocycles. The van der Waals surface area contributed by atoms with Crippen LogP contribution in [0.2, 0.25) is 0 Å². The summed E-state index contributed by atoms with van der Waals surface area (Å²) in [4.78, 5) is 23.7. The van der Waals surface area contributed by atoms with Crippen LogP contribution in [0.4, 0.5) is 16.3 Å². The predicted octanol–water partition coefficient (Wildman–Crippen LogP) is 2.19. The van der Waals surface area contributed by atoms with Crippen molar-refractivity contribution in [2.24, 2.45) is 0 Å². The highest BCUT2D eigenvalue weighted by Gasteiger charge is 2.23. The minimum absolute atomic E-state index is 0. The van der Waals surface area contributed by atoms with Crippen LogP contribution in [0, 0.1) is 0 Å². The Kier molecular flexibility index (Phi) is 7.24. The van der Waals surface area contributed by atoms with Gasteiger partial charge in [0, 0.05) is 43.0 Å². The van der Waals surface area contributed by atoms with Crippen molar-refractivity contribution >= 4 is 29.9 Å². The van der Waals surface area contributed by atoms with E-state index in [-0.39, 0.29) is 18.4 Å². The monoisotopic (exact) mass is 418 g/mol. The van der Waals surface area contributed by atoms with Gasteiger partial charge in [0.1, 0.15) is 5.82 Å². The Bertz CT molecular complexity index is 840. The lowest BCUT2D eigenvalue weighted by molar-refractivity contribution is 0.122. The minimum Gasteiger partial charge on any atom is -0.378 e. The topological polar surface area (TPSA) is 91.4 Å². The molecule has 8 nitrogen and oxygen atoms in total. The van der Waals surface area contributed by atoms with E-state index in [4.69, 9.17) is 14.7 Å². The van der Waals surface area contributed by atoms with Crippen molar-refractivity contribution in [2.45, 2.75) is 19.9 Å². The Morgan fingerprint density at radius 3 is 2.69 bits per heavy atom. The average molecular weight is 419 g/mol. The first kappa shape index (κ1) is 21.3. The van der Waals surface area contributed by atoms with Crippen molar-refractivity contribution < 1.29 is 9.53 Å². The van der Waals surface area contributed by atoms with E-state index in [0.29, 0.717) is 12.4 Å². The molecule has 0 radical (unpaired) electrons. The Morgan fingerprint density at radius 2 is 1.97 bits per heavy atom. The van der Waals surface area contributed by atoms with Gasteiger partial charge in [-0.05, 0) is 44.2 Å². The van der Waals surface area contributed by atoms with Gasteiger partial charge in [0.15, 0.2) is 5.82 Å². The van der Waals surface area contributed by atoms with Crippen molar-refractivity contribution in [3.63, 3.8) is 0 Å². The van der Waals surface area contributed by atoms with Gasteiger partial charge < -0.3 is 25.6 Å². The van der Waals surface area contributed by atoms with Crippen LogP contribution in [0.5, 0.6) is 0 Å². The van der Waals surface area contributed by atoms with E-state index in [1.54, 1.807) is 0 Å². The molecule has 0 atom stereocenters. The molecule has 1 saturated heterocycles. The molecule has 1 aromatic heterocycles.